The Labute approximate surface area is 92.9 Å². The van der Waals surface area contributed by atoms with Crippen LogP contribution in [0.4, 0.5) is 0 Å². The van der Waals surface area contributed by atoms with Gasteiger partial charge in [0, 0.05) is 16.8 Å². The molecule has 1 aromatic heterocycles. The van der Waals surface area contributed by atoms with Crippen molar-refractivity contribution >= 4 is 35.5 Å². The number of thioether (sulfide) groups is 1. The topological polar surface area (TPSA) is 24.9 Å². The van der Waals surface area contributed by atoms with E-state index in [0.717, 1.165) is 5.25 Å². The van der Waals surface area contributed by atoms with E-state index in [1.807, 2.05) is 23.3 Å². The molecule has 0 amide bonds. The van der Waals surface area contributed by atoms with Crippen LogP contribution >= 0.6 is 35.5 Å². The summed E-state index contributed by atoms with van der Waals surface area (Å²) < 4.78 is 1.22. The van der Waals surface area contributed by atoms with Crippen LogP contribution in [0.5, 0.6) is 0 Å². The molecule has 0 bridgehead atoms. The fraction of sp³-hybridized carbons (Fsp3) is 0.625. The average Bonchev–Trinajstić information content (AvgIpc) is 2.59. The van der Waals surface area contributed by atoms with Gasteiger partial charge in [0.05, 0.1) is 0 Å². The molecule has 1 saturated heterocycles. The van der Waals surface area contributed by atoms with Crippen molar-refractivity contribution < 1.29 is 0 Å². The van der Waals surface area contributed by atoms with E-state index < -0.39 is 0 Å². The van der Waals surface area contributed by atoms with Crippen molar-refractivity contribution in [3.05, 3.63) is 11.6 Å². The van der Waals surface area contributed by atoms with Crippen molar-refractivity contribution in [2.75, 3.05) is 13.1 Å². The summed E-state index contributed by atoms with van der Waals surface area (Å²) in [5, 5.41) is 6.20. The maximum atomic E-state index is 4.27. The first kappa shape index (κ1) is 11.3. The molecule has 0 atom stereocenters. The molecule has 0 unspecified atom stereocenters. The molecule has 0 radical (unpaired) electrons. The van der Waals surface area contributed by atoms with Gasteiger partial charge in [0.2, 0.25) is 0 Å². The van der Waals surface area contributed by atoms with Crippen molar-refractivity contribution in [1.82, 2.24) is 10.3 Å². The van der Waals surface area contributed by atoms with Crippen molar-refractivity contribution in [2.45, 2.75) is 22.4 Å². The minimum absolute atomic E-state index is 0. The molecule has 0 spiro atoms. The van der Waals surface area contributed by atoms with Crippen molar-refractivity contribution in [3.63, 3.8) is 0 Å². The molecular weight excluding hydrogens is 224 g/mol. The SMILES string of the molecule is Cl.c1csc(SC2CCNCC2)n1. The highest BCUT2D eigenvalue weighted by Gasteiger charge is 2.14. The van der Waals surface area contributed by atoms with Crippen molar-refractivity contribution in [3.8, 4) is 0 Å². The van der Waals surface area contributed by atoms with Crippen LogP contribution < -0.4 is 5.32 Å². The molecule has 1 aliphatic rings. The molecule has 5 heteroatoms. The normalized spacial score (nSPS) is 18.2. The number of hydrogen-bond acceptors (Lipinski definition) is 4. The van der Waals surface area contributed by atoms with E-state index in [1.54, 1.807) is 11.3 Å². The van der Waals surface area contributed by atoms with E-state index in [1.165, 1.54) is 30.3 Å². The highest BCUT2D eigenvalue weighted by Crippen LogP contribution is 2.29. The molecule has 1 aliphatic heterocycles. The van der Waals surface area contributed by atoms with Crippen LogP contribution in [0.1, 0.15) is 12.8 Å². The van der Waals surface area contributed by atoms with Crippen LogP contribution in [-0.2, 0) is 0 Å². The number of aromatic nitrogens is 1. The summed E-state index contributed by atoms with van der Waals surface area (Å²) in [5.74, 6) is 0. The number of piperidine rings is 1. The number of halogens is 1. The van der Waals surface area contributed by atoms with Gasteiger partial charge in [-0.25, -0.2) is 4.98 Å². The summed E-state index contributed by atoms with van der Waals surface area (Å²) in [6.45, 7) is 2.34. The summed E-state index contributed by atoms with van der Waals surface area (Å²) in [7, 11) is 0. The van der Waals surface area contributed by atoms with Gasteiger partial charge >= 0.3 is 0 Å². The highest BCUT2D eigenvalue weighted by molar-refractivity contribution is 8.01. The fourth-order valence-corrected chi connectivity index (χ4v) is 3.36. The molecule has 0 aromatic carbocycles. The lowest BCUT2D eigenvalue weighted by Crippen LogP contribution is -2.29. The van der Waals surface area contributed by atoms with Gasteiger partial charge in [-0.2, -0.15) is 0 Å². The Kier molecular flexibility index (Phi) is 5.09. The summed E-state index contributed by atoms with van der Waals surface area (Å²) >= 11 is 3.69. The molecule has 2 heterocycles. The lowest BCUT2D eigenvalue weighted by Gasteiger charge is -2.20. The summed E-state index contributed by atoms with van der Waals surface area (Å²) in [6, 6.07) is 0. The average molecular weight is 237 g/mol. The molecule has 2 rings (SSSR count). The van der Waals surface area contributed by atoms with Crippen LogP contribution in [0.2, 0.25) is 0 Å². The third-order valence-corrected chi connectivity index (χ3v) is 4.22. The minimum atomic E-state index is 0. The predicted octanol–water partition coefficient (Wildman–Crippen LogP) is 2.41. The zero-order chi connectivity index (χ0) is 8.23. The number of rotatable bonds is 2. The maximum Gasteiger partial charge on any atom is 0.150 e. The van der Waals surface area contributed by atoms with Gasteiger partial charge in [-0.15, -0.1) is 23.7 Å². The molecule has 0 saturated carbocycles. The van der Waals surface area contributed by atoms with Crippen LogP contribution in [0.25, 0.3) is 0 Å². The Bertz CT molecular complexity index is 222. The van der Waals surface area contributed by atoms with E-state index in [-0.39, 0.29) is 12.4 Å². The minimum Gasteiger partial charge on any atom is -0.317 e. The quantitative estimate of drug-likeness (QED) is 0.854. The Balaban J connectivity index is 0.000000845. The molecule has 74 valence electrons. The smallest absolute Gasteiger partial charge is 0.150 e. The molecular formula is C8H13ClN2S2. The maximum absolute atomic E-state index is 4.27. The van der Waals surface area contributed by atoms with E-state index in [0.29, 0.717) is 0 Å². The number of nitrogens with zero attached hydrogens (tertiary/aromatic N) is 1. The second kappa shape index (κ2) is 5.86. The Morgan fingerprint density at radius 2 is 2.23 bits per heavy atom. The molecule has 1 fully saturated rings. The summed E-state index contributed by atoms with van der Waals surface area (Å²) in [6.07, 6.45) is 4.45. The number of nitrogens with one attached hydrogen (secondary N) is 1. The number of thiazole rings is 1. The second-order valence-corrected chi connectivity index (χ2v) is 5.31. The van der Waals surface area contributed by atoms with E-state index in [4.69, 9.17) is 0 Å². The van der Waals surface area contributed by atoms with Gasteiger partial charge in [0.1, 0.15) is 4.34 Å². The van der Waals surface area contributed by atoms with Gasteiger partial charge in [-0.05, 0) is 25.9 Å². The first-order valence-electron chi connectivity index (χ1n) is 4.22. The van der Waals surface area contributed by atoms with Crippen molar-refractivity contribution in [1.29, 1.82) is 0 Å². The molecule has 0 aliphatic carbocycles. The van der Waals surface area contributed by atoms with E-state index >= 15 is 0 Å². The van der Waals surface area contributed by atoms with Gasteiger partial charge in [-0.1, -0.05) is 11.8 Å². The third kappa shape index (κ3) is 3.46. The van der Waals surface area contributed by atoms with Gasteiger partial charge in [0.25, 0.3) is 0 Å². The largest absolute Gasteiger partial charge is 0.317 e. The van der Waals surface area contributed by atoms with Crippen LogP contribution in [-0.4, -0.2) is 23.3 Å². The van der Waals surface area contributed by atoms with Gasteiger partial charge in [0.15, 0.2) is 0 Å². The summed E-state index contributed by atoms with van der Waals surface area (Å²) in [5.41, 5.74) is 0. The Morgan fingerprint density at radius 1 is 1.46 bits per heavy atom. The zero-order valence-electron chi connectivity index (χ0n) is 7.23. The van der Waals surface area contributed by atoms with Gasteiger partial charge < -0.3 is 5.32 Å². The molecule has 2 nitrogen and oxygen atoms in total. The number of hydrogen-bond donors (Lipinski definition) is 1. The van der Waals surface area contributed by atoms with E-state index in [2.05, 4.69) is 10.3 Å². The highest BCUT2D eigenvalue weighted by atomic mass is 35.5. The third-order valence-electron chi connectivity index (χ3n) is 1.96. The summed E-state index contributed by atoms with van der Waals surface area (Å²) in [4.78, 5) is 4.27. The van der Waals surface area contributed by atoms with Gasteiger partial charge in [-0.3, -0.25) is 0 Å². The predicted molar refractivity (Wildman–Crippen MR) is 61.1 cm³/mol. The van der Waals surface area contributed by atoms with E-state index in [9.17, 15) is 0 Å². The van der Waals surface area contributed by atoms with Crippen LogP contribution in [0.15, 0.2) is 15.9 Å². The first-order valence-corrected chi connectivity index (χ1v) is 5.98. The second-order valence-electron chi connectivity index (χ2n) is 2.87. The van der Waals surface area contributed by atoms with Crippen LogP contribution in [0.3, 0.4) is 0 Å². The Hall–Kier alpha value is 0.230. The standard InChI is InChI=1S/C8H12N2S2.ClH/c1-3-9-4-2-7(1)12-8-10-5-6-11-8;/h5-7,9H,1-4H2;1H. The first-order chi connectivity index (χ1) is 5.95. The molecule has 1 aromatic rings. The lowest BCUT2D eigenvalue weighted by molar-refractivity contribution is 0.531. The lowest BCUT2D eigenvalue weighted by atomic mass is 10.2. The van der Waals surface area contributed by atoms with Crippen LogP contribution in [0, 0.1) is 0 Å². The molecule has 1 N–H and O–H groups in total. The monoisotopic (exact) mass is 236 g/mol. The van der Waals surface area contributed by atoms with Crippen molar-refractivity contribution in [2.24, 2.45) is 0 Å². The zero-order valence-corrected chi connectivity index (χ0v) is 9.68. The fourth-order valence-electron chi connectivity index (χ4n) is 1.32. The Morgan fingerprint density at radius 3 is 2.85 bits per heavy atom. The molecule has 13 heavy (non-hydrogen) atoms.